The summed E-state index contributed by atoms with van der Waals surface area (Å²) in [6, 6.07) is 8.32. The van der Waals surface area contributed by atoms with Crippen LogP contribution in [0.5, 0.6) is 0 Å². The van der Waals surface area contributed by atoms with E-state index in [0.717, 1.165) is 28.1 Å². The molecule has 2 fully saturated rings. The van der Waals surface area contributed by atoms with Crippen LogP contribution in [-0.4, -0.2) is 10.8 Å². The number of hydrogen-bond acceptors (Lipinski definition) is 2. The fraction of sp³-hybridized carbons (Fsp3) is 0.632. The quantitative estimate of drug-likeness (QED) is 0.585. The average molecular weight is 410 g/mol. The maximum atomic E-state index is 5.64. The molecule has 0 aromatic heterocycles. The molecule has 1 heterocycles. The minimum absolute atomic E-state index is 0.0661. The lowest BCUT2D eigenvalue weighted by molar-refractivity contribution is 0.268. The minimum Gasteiger partial charge on any atom is -0.342 e. The molecule has 2 N–H and O–H groups in total. The van der Waals surface area contributed by atoms with Crippen LogP contribution >= 0.6 is 28.1 Å². The van der Waals surface area contributed by atoms with E-state index in [1.54, 1.807) is 0 Å². The second kappa shape index (κ2) is 8.63. The Morgan fingerprint density at radius 1 is 0.833 bits per heavy atom. The SMILES string of the molecule is S=C1NC2(CCCCCCCCCCC2)NN1c1ccc(Br)cc1. The predicted octanol–water partition coefficient (Wildman–Crippen LogP) is 5.65. The Hall–Kier alpha value is -0.650. The van der Waals surface area contributed by atoms with E-state index >= 15 is 0 Å². The van der Waals surface area contributed by atoms with Gasteiger partial charge in [0.05, 0.1) is 5.69 Å². The average Bonchev–Trinajstić information content (AvgIpc) is 2.89. The standard InChI is InChI=1S/C19H28BrN3S/c20-16-10-12-17(13-11-16)23-18(24)21-19(22-23)14-8-6-4-2-1-3-5-7-9-15-19/h10-13,22H,1-9,14-15H2,(H,21,24). The molecule has 0 atom stereocenters. The van der Waals surface area contributed by atoms with Crippen LogP contribution in [0.25, 0.3) is 0 Å². The third-order valence-corrected chi connectivity index (χ3v) is 5.98. The summed E-state index contributed by atoms with van der Waals surface area (Å²) in [5.74, 6) is 0. The van der Waals surface area contributed by atoms with Gasteiger partial charge in [-0.25, -0.2) is 5.43 Å². The number of rotatable bonds is 1. The second-order valence-corrected chi connectivity index (χ2v) is 8.42. The van der Waals surface area contributed by atoms with Gasteiger partial charge in [-0.3, -0.25) is 5.01 Å². The summed E-state index contributed by atoms with van der Waals surface area (Å²) in [6.07, 6.45) is 14.4. The Bertz CT molecular complexity index is 534. The number of halogens is 1. The van der Waals surface area contributed by atoms with Crippen molar-refractivity contribution in [2.24, 2.45) is 0 Å². The van der Waals surface area contributed by atoms with E-state index in [-0.39, 0.29) is 5.66 Å². The lowest BCUT2D eigenvalue weighted by Gasteiger charge is -2.30. The van der Waals surface area contributed by atoms with Gasteiger partial charge in [0.25, 0.3) is 0 Å². The number of nitrogens with one attached hydrogen (secondary N) is 2. The Morgan fingerprint density at radius 2 is 1.33 bits per heavy atom. The summed E-state index contributed by atoms with van der Waals surface area (Å²) in [7, 11) is 0. The molecule has 0 amide bonds. The Labute approximate surface area is 159 Å². The largest absolute Gasteiger partial charge is 0.342 e. The van der Waals surface area contributed by atoms with Gasteiger partial charge in [-0.2, -0.15) is 0 Å². The number of hydrogen-bond donors (Lipinski definition) is 2. The molecule has 1 saturated carbocycles. The van der Waals surface area contributed by atoms with E-state index in [0.29, 0.717) is 0 Å². The topological polar surface area (TPSA) is 27.3 Å². The first-order valence-corrected chi connectivity index (χ1v) is 10.5. The Balaban J connectivity index is 1.69. The summed E-state index contributed by atoms with van der Waals surface area (Å²) in [6.45, 7) is 0. The van der Waals surface area contributed by atoms with Crippen molar-refractivity contribution in [1.29, 1.82) is 0 Å². The van der Waals surface area contributed by atoms with Crippen LogP contribution in [0.15, 0.2) is 28.7 Å². The smallest absolute Gasteiger partial charge is 0.189 e. The van der Waals surface area contributed by atoms with Crippen LogP contribution in [0.3, 0.4) is 0 Å². The first-order chi connectivity index (χ1) is 11.7. The van der Waals surface area contributed by atoms with Gasteiger partial charge < -0.3 is 5.32 Å². The van der Waals surface area contributed by atoms with Crippen molar-refractivity contribution in [3.63, 3.8) is 0 Å². The fourth-order valence-electron chi connectivity index (χ4n) is 3.78. The van der Waals surface area contributed by atoms with E-state index < -0.39 is 0 Å². The Morgan fingerprint density at radius 3 is 1.88 bits per heavy atom. The monoisotopic (exact) mass is 409 g/mol. The molecule has 1 aliphatic carbocycles. The van der Waals surface area contributed by atoms with E-state index in [1.807, 2.05) is 5.01 Å². The van der Waals surface area contributed by atoms with Crippen molar-refractivity contribution in [3.05, 3.63) is 28.7 Å². The maximum absolute atomic E-state index is 5.64. The molecule has 0 unspecified atom stereocenters. The first kappa shape index (κ1) is 18.2. The van der Waals surface area contributed by atoms with Gasteiger partial charge >= 0.3 is 0 Å². The lowest BCUT2D eigenvalue weighted by atomic mass is 9.93. The van der Waals surface area contributed by atoms with Gasteiger partial charge in [-0.15, -0.1) is 0 Å². The predicted molar refractivity (Wildman–Crippen MR) is 109 cm³/mol. The van der Waals surface area contributed by atoms with Gasteiger partial charge in [-0.1, -0.05) is 60.9 Å². The minimum atomic E-state index is -0.0661. The molecule has 1 aromatic carbocycles. The van der Waals surface area contributed by atoms with Gasteiger partial charge in [0.1, 0.15) is 5.66 Å². The van der Waals surface area contributed by atoms with Crippen LogP contribution in [0.4, 0.5) is 5.69 Å². The van der Waals surface area contributed by atoms with Crippen molar-refractivity contribution in [2.45, 2.75) is 76.3 Å². The molecule has 1 spiro atoms. The molecular weight excluding hydrogens is 382 g/mol. The number of benzene rings is 1. The van der Waals surface area contributed by atoms with E-state index in [4.69, 9.17) is 12.2 Å². The van der Waals surface area contributed by atoms with Crippen LogP contribution in [-0.2, 0) is 0 Å². The zero-order valence-electron chi connectivity index (χ0n) is 14.3. The van der Waals surface area contributed by atoms with Gasteiger partial charge in [0.2, 0.25) is 0 Å². The molecule has 5 heteroatoms. The molecule has 2 aliphatic rings. The number of hydrazine groups is 1. The van der Waals surface area contributed by atoms with Gasteiger partial charge in [-0.05, 0) is 62.2 Å². The zero-order chi connectivity index (χ0) is 16.8. The third kappa shape index (κ3) is 4.70. The summed E-state index contributed by atoms with van der Waals surface area (Å²) < 4.78 is 1.09. The molecule has 0 radical (unpaired) electrons. The highest BCUT2D eigenvalue weighted by Gasteiger charge is 2.39. The molecule has 1 aromatic rings. The molecule has 132 valence electrons. The van der Waals surface area contributed by atoms with Crippen molar-refractivity contribution in [1.82, 2.24) is 10.7 Å². The fourth-order valence-corrected chi connectivity index (χ4v) is 4.39. The highest BCUT2D eigenvalue weighted by molar-refractivity contribution is 9.10. The highest BCUT2D eigenvalue weighted by atomic mass is 79.9. The zero-order valence-corrected chi connectivity index (χ0v) is 16.7. The van der Waals surface area contributed by atoms with Crippen molar-refractivity contribution in [3.8, 4) is 0 Å². The summed E-state index contributed by atoms with van der Waals surface area (Å²) >= 11 is 9.14. The molecule has 3 rings (SSSR count). The number of nitrogens with zero attached hydrogens (tertiary/aromatic N) is 1. The van der Waals surface area contributed by atoms with Crippen molar-refractivity contribution < 1.29 is 0 Å². The second-order valence-electron chi connectivity index (χ2n) is 7.12. The van der Waals surface area contributed by atoms with E-state index in [1.165, 1.54) is 57.8 Å². The third-order valence-electron chi connectivity index (χ3n) is 5.17. The summed E-state index contributed by atoms with van der Waals surface area (Å²) in [5.41, 5.74) is 4.74. The summed E-state index contributed by atoms with van der Waals surface area (Å²) in [4.78, 5) is 0. The van der Waals surface area contributed by atoms with Gasteiger partial charge in [0.15, 0.2) is 5.11 Å². The summed E-state index contributed by atoms with van der Waals surface area (Å²) in [5, 5.41) is 6.46. The molecule has 1 saturated heterocycles. The van der Waals surface area contributed by atoms with Crippen LogP contribution in [0.1, 0.15) is 70.6 Å². The van der Waals surface area contributed by atoms with E-state index in [2.05, 4.69) is 50.9 Å². The number of thiocarbonyl (C=S) groups is 1. The van der Waals surface area contributed by atoms with Gasteiger partial charge in [0, 0.05) is 4.47 Å². The number of anilines is 1. The first-order valence-electron chi connectivity index (χ1n) is 9.34. The normalized spacial score (nSPS) is 22.7. The molecule has 1 aliphatic heterocycles. The lowest BCUT2D eigenvalue weighted by Crippen LogP contribution is -2.51. The van der Waals surface area contributed by atoms with Crippen molar-refractivity contribution in [2.75, 3.05) is 5.01 Å². The molecule has 24 heavy (non-hydrogen) atoms. The molecule has 3 nitrogen and oxygen atoms in total. The van der Waals surface area contributed by atoms with E-state index in [9.17, 15) is 0 Å². The van der Waals surface area contributed by atoms with Crippen LogP contribution in [0, 0.1) is 0 Å². The van der Waals surface area contributed by atoms with Crippen molar-refractivity contribution >= 4 is 38.9 Å². The highest BCUT2D eigenvalue weighted by Crippen LogP contribution is 2.29. The molecular formula is C19H28BrN3S. The van der Waals surface area contributed by atoms with Crippen LogP contribution < -0.4 is 15.8 Å². The maximum Gasteiger partial charge on any atom is 0.189 e. The van der Waals surface area contributed by atoms with Crippen LogP contribution in [0.2, 0.25) is 0 Å². The molecule has 0 bridgehead atoms. The Kier molecular flexibility index (Phi) is 6.53.